The molecule has 0 radical (unpaired) electrons. The summed E-state index contributed by atoms with van der Waals surface area (Å²) in [5, 5.41) is 7.60. The van der Waals surface area contributed by atoms with Gasteiger partial charge in [-0.2, -0.15) is 0 Å². The molecule has 1 rings (SSSR count). The van der Waals surface area contributed by atoms with Gasteiger partial charge in [0.05, 0.1) is 13.2 Å². The lowest BCUT2D eigenvalue weighted by Crippen LogP contribution is -2.09. The van der Waals surface area contributed by atoms with Gasteiger partial charge < -0.3 is 19.3 Å². The number of esters is 2. The molecule has 1 atom stereocenters. The first-order chi connectivity index (χ1) is 11.1. The van der Waals surface area contributed by atoms with Crippen molar-refractivity contribution in [2.24, 2.45) is 5.92 Å². The standard InChI is InChI=1S/C7H10O3.C7H12O2.C3H4O2/c1-5(2)7(8)10-4-6-3-9-6;1-4-7(8)9-5-6(2)3;1-2-3(4)5/h6H,1,3-4H2,2H3;4,6H,1,5H2,2-3H3;2H,1H2,(H,4,5). The number of carboxylic acid groups (broad SMARTS) is 1. The maximum Gasteiger partial charge on any atom is 0.333 e. The summed E-state index contributed by atoms with van der Waals surface area (Å²) in [6.45, 7) is 16.8. The van der Waals surface area contributed by atoms with E-state index in [0.717, 1.165) is 6.08 Å². The second kappa shape index (κ2) is 14.2. The van der Waals surface area contributed by atoms with Crippen LogP contribution >= 0.6 is 0 Å². The summed E-state index contributed by atoms with van der Waals surface area (Å²) in [4.78, 5) is 30.3. The Morgan fingerprint density at radius 1 is 1.25 bits per heavy atom. The molecule has 0 aliphatic carbocycles. The highest BCUT2D eigenvalue weighted by Gasteiger charge is 2.24. The highest BCUT2D eigenvalue weighted by molar-refractivity contribution is 5.86. The van der Waals surface area contributed by atoms with Gasteiger partial charge in [-0.25, -0.2) is 14.4 Å². The van der Waals surface area contributed by atoms with Crippen LogP contribution in [0.25, 0.3) is 0 Å². The molecule has 0 bridgehead atoms. The van der Waals surface area contributed by atoms with Crippen molar-refractivity contribution in [1.82, 2.24) is 0 Å². The number of carbonyl (C=O) groups is 3. The van der Waals surface area contributed by atoms with Crippen LogP contribution in [0, 0.1) is 5.92 Å². The molecule has 0 amide bonds. The van der Waals surface area contributed by atoms with Gasteiger partial charge in [0.25, 0.3) is 0 Å². The van der Waals surface area contributed by atoms with Crippen molar-refractivity contribution in [1.29, 1.82) is 0 Å². The van der Waals surface area contributed by atoms with Crippen molar-refractivity contribution in [2.45, 2.75) is 26.9 Å². The zero-order chi connectivity index (χ0) is 19.1. The fourth-order valence-corrected chi connectivity index (χ4v) is 0.764. The highest BCUT2D eigenvalue weighted by atomic mass is 16.6. The molecule has 1 aliphatic rings. The molecular formula is C17H26O7. The number of hydrogen-bond acceptors (Lipinski definition) is 6. The SMILES string of the molecule is C=C(C)C(=O)OCC1CO1.C=CC(=O)O.C=CC(=O)OCC(C)C. The van der Waals surface area contributed by atoms with E-state index >= 15 is 0 Å². The number of aliphatic carboxylic acids is 1. The molecule has 0 aromatic heterocycles. The molecular weight excluding hydrogens is 316 g/mol. The van der Waals surface area contributed by atoms with Crippen molar-refractivity contribution < 1.29 is 33.7 Å². The Hall–Kier alpha value is -2.41. The van der Waals surface area contributed by atoms with Crippen LogP contribution in [-0.4, -0.2) is 48.9 Å². The Labute approximate surface area is 142 Å². The molecule has 0 aromatic carbocycles. The molecule has 1 unspecified atom stereocenters. The van der Waals surface area contributed by atoms with E-state index in [2.05, 4.69) is 19.7 Å². The van der Waals surface area contributed by atoms with Crippen LogP contribution < -0.4 is 0 Å². The molecule has 0 spiro atoms. The van der Waals surface area contributed by atoms with Crippen LogP contribution in [0.1, 0.15) is 20.8 Å². The first kappa shape index (κ1) is 23.9. The summed E-state index contributed by atoms with van der Waals surface area (Å²) in [5.41, 5.74) is 0.431. The zero-order valence-electron chi connectivity index (χ0n) is 14.4. The minimum atomic E-state index is -0.981. The fraction of sp³-hybridized carbons (Fsp3) is 0.471. The predicted octanol–water partition coefficient (Wildman–Crippen LogP) is 2.13. The Bertz CT molecular complexity index is 448. The Kier molecular flexibility index (Phi) is 14.1. The third kappa shape index (κ3) is 19.6. The van der Waals surface area contributed by atoms with E-state index in [9.17, 15) is 14.4 Å². The minimum Gasteiger partial charge on any atom is -0.478 e. The Balaban J connectivity index is 0. The van der Waals surface area contributed by atoms with Crippen LogP contribution in [0.3, 0.4) is 0 Å². The first-order valence-electron chi connectivity index (χ1n) is 7.22. The molecule has 1 N–H and O–H groups in total. The molecule has 1 heterocycles. The Morgan fingerprint density at radius 2 is 1.75 bits per heavy atom. The van der Waals surface area contributed by atoms with Gasteiger partial charge >= 0.3 is 17.9 Å². The normalized spacial score (nSPS) is 13.9. The zero-order valence-corrected chi connectivity index (χ0v) is 14.4. The number of epoxide rings is 1. The van der Waals surface area contributed by atoms with Crippen molar-refractivity contribution >= 4 is 17.9 Å². The molecule has 1 aliphatic heterocycles. The number of carbonyl (C=O) groups excluding carboxylic acids is 2. The molecule has 7 heteroatoms. The van der Waals surface area contributed by atoms with Crippen molar-refractivity contribution in [2.75, 3.05) is 19.8 Å². The van der Waals surface area contributed by atoms with Crippen LogP contribution in [0.15, 0.2) is 37.5 Å². The Morgan fingerprint density at radius 3 is 2.04 bits per heavy atom. The molecule has 1 fully saturated rings. The minimum absolute atomic E-state index is 0.142. The van der Waals surface area contributed by atoms with Gasteiger partial charge in [0.15, 0.2) is 0 Å². The predicted molar refractivity (Wildman–Crippen MR) is 89.3 cm³/mol. The summed E-state index contributed by atoms with van der Waals surface area (Å²) in [6, 6.07) is 0. The quantitative estimate of drug-likeness (QED) is 0.429. The van der Waals surface area contributed by atoms with E-state index in [1.165, 1.54) is 6.08 Å². The van der Waals surface area contributed by atoms with Gasteiger partial charge in [-0.05, 0) is 12.8 Å². The van der Waals surface area contributed by atoms with E-state index in [-0.39, 0.29) is 18.0 Å². The second-order valence-corrected chi connectivity index (χ2v) is 5.10. The molecule has 0 aromatic rings. The third-order valence-corrected chi connectivity index (χ3v) is 2.05. The van der Waals surface area contributed by atoms with Crippen molar-refractivity contribution in [3.8, 4) is 0 Å². The smallest absolute Gasteiger partial charge is 0.333 e. The number of carboxylic acids is 1. The highest BCUT2D eigenvalue weighted by Crippen LogP contribution is 2.09. The maximum atomic E-state index is 10.7. The summed E-state index contributed by atoms with van der Waals surface area (Å²) in [6.07, 6.45) is 2.14. The fourth-order valence-electron chi connectivity index (χ4n) is 0.764. The topological polar surface area (TPSA) is 102 Å². The monoisotopic (exact) mass is 342 g/mol. The maximum absolute atomic E-state index is 10.7. The van der Waals surface area contributed by atoms with E-state index in [4.69, 9.17) is 19.3 Å². The van der Waals surface area contributed by atoms with E-state index in [1.54, 1.807) is 6.92 Å². The average Bonchev–Trinajstić information content (AvgIpc) is 3.35. The summed E-state index contributed by atoms with van der Waals surface area (Å²) in [5.74, 6) is -1.27. The van der Waals surface area contributed by atoms with Gasteiger partial charge in [-0.3, -0.25) is 0 Å². The lowest BCUT2D eigenvalue weighted by molar-refractivity contribution is -0.140. The summed E-state index contributed by atoms with van der Waals surface area (Å²) < 4.78 is 14.3. The molecule has 136 valence electrons. The van der Waals surface area contributed by atoms with Gasteiger partial charge in [-0.15, -0.1) is 0 Å². The van der Waals surface area contributed by atoms with E-state index < -0.39 is 5.97 Å². The lowest BCUT2D eigenvalue weighted by atomic mass is 10.2. The van der Waals surface area contributed by atoms with E-state index in [0.29, 0.717) is 31.3 Å². The second-order valence-electron chi connectivity index (χ2n) is 5.10. The van der Waals surface area contributed by atoms with Gasteiger partial charge in [0, 0.05) is 17.7 Å². The lowest BCUT2D eigenvalue weighted by Gasteiger charge is -2.02. The van der Waals surface area contributed by atoms with Crippen molar-refractivity contribution in [3.05, 3.63) is 37.5 Å². The number of hydrogen-bond donors (Lipinski definition) is 1. The van der Waals surface area contributed by atoms with Gasteiger partial charge in [0.2, 0.25) is 0 Å². The largest absolute Gasteiger partial charge is 0.478 e. The number of rotatable bonds is 7. The summed E-state index contributed by atoms with van der Waals surface area (Å²) in [7, 11) is 0. The summed E-state index contributed by atoms with van der Waals surface area (Å²) >= 11 is 0. The molecule has 24 heavy (non-hydrogen) atoms. The first-order valence-corrected chi connectivity index (χ1v) is 7.22. The third-order valence-electron chi connectivity index (χ3n) is 2.05. The van der Waals surface area contributed by atoms with E-state index in [1.807, 2.05) is 13.8 Å². The molecule has 7 nitrogen and oxygen atoms in total. The molecule has 1 saturated heterocycles. The van der Waals surface area contributed by atoms with Crippen LogP contribution in [0.2, 0.25) is 0 Å². The average molecular weight is 342 g/mol. The van der Waals surface area contributed by atoms with Crippen LogP contribution in [0.5, 0.6) is 0 Å². The number of ether oxygens (including phenoxy) is 3. The van der Waals surface area contributed by atoms with Gasteiger partial charge in [-0.1, -0.05) is 33.6 Å². The van der Waals surface area contributed by atoms with Crippen LogP contribution in [-0.2, 0) is 28.6 Å². The molecule has 0 saturated carbocycles. The van der Waals surface area contributed by atoms with Gasteiger partial charge in [0.1, 0.15) is 12.7 Å². The van der Waals surface area contributed by atoms with Crippen LogP contribution in [0.4, 0.5) is 0 Å². The van der Waals surface area contributed by atoms with Crippen molar-refractivity contribution in [3.63, 3.8) is 0 Å².